The van der Waals surface area contributed by atoms with E-state index in [1.54, 1.807) is 0 Å². The van der Waals surface area contributed by atoms with Crippen molar-refractivity contribution in [3.8, 4) is 0 Å². The van der Waals surface area contributed by atoms with Crippen LogP contribution in [-0.4, -0.2) is 55.4 Å². The zero-order valence-electron chi connectivity index (χ0n) is 11.1. The molecule has 0 saturated carbocycles. The van der Waals surface area contributed by atoms with Crippen molar-refractivity contribution >= 4 is 13.4 Å². The fourth-order valence-corrected chi connectivity index (χ4v) is 3.07. The molecule has 1 aromatic heterocycles. The molecule has 11 nitrogen and oxygen atoms in total. The molecule has 3 heterocycles. The normalized spacial score (nSPS) is 34.8. The minimum absolute atomic E-state index is 0.0196. The van der Waals surface area contributed by atoms with Crippen LogP contribution in [0.15, 0.2) is 17.1 Å². The third kappa shape index (κ3) is 2.57. The highest BCUT2D eigenvalue weighted by Crippen LogP contribution is 2.51. The number of hydrogen-bond donors (Lipinski definition) is 4. The van der Waals surface area contributed by atoms with Crippen LogP contribution in [0, 0.1) is 0 Å². The summed E-state index contributed by atoms with van der Waals surface area (Å²) >= 11 is 0. The number of anilines is 1. The van der Waals surface area contributed by atoms with Crippen LogP contribution in [0.4, 0.5) is 5.82 Å². The SMILES string of the molecule is Nc1ccn([C@@H]2O[C@H](CO)[C@H]3O[C@@H](P(=O)(O)O)O[C@H]32)c(=O)n1. The van der Waals surface area contributed by atoms with E-state index in [4.69, 9.17) is 29.7 Å². The highest BCUT2D eigenvalue weighted by Gasteiger charge is 2.57. The number of fused-ring (bicyclic) bond motifs is 1. The first-order valence-corrected chi connectivity index (χ1v) is 7.96. The van der Waals surface area contributed by atoms with Crippen LogP contribution in [0.25, 0.3) is 0 Å². The lowest BCUT2D eigenvalue weighted by Gasteiger charge is -2.21. The number of rotatable bonds is 3. The van der Waals surface area contributed by atoms with Crippen LogP contribution in [0.3, 0.4) is 0 Å². The van der Waals surface area contributed by atoms with E-state index in [0.717, 1.165) is 4.57 Å². The molecular formula is C10H14N3O8P. The molecule has 2 aliphatic heterocycles. The van der Waals surface area contributed by atoms with Crippen molar-refractivity contribution in [2.45, 2.75) is 30.6 Å². The van der Waals surface area contributed by atoms with Gasteiger partial charge < -0.3 is 34.8 Å². The molecule has 12 heteroatoms. The molecule has 2 fully saturated rings. The molecule has 2 saturated heterocycles. The summed E-state index contributed by atoms with van der Waals surface area (Å²) < 4.78 is 28.1. The van der Waals surface area contributed by atoms with Crippen LogP contribution in [0.1, 0.15) is 6.23 Å². The van der Waals surface area contributed by atoms with Crippen molar-refractivity contribution in [3.63, 3.8) is 0 Å². The lowest BCUT2D eigenvalue weighted by molar-refractivity contribution is -0.130. The Kier molecular flexibility index (Phi) is 3.81. The number of nitrogen functional groups attached to an aromatic ring is 1. The van der Waals surface area contributed by atoms with Gasteiger partial charge in [-0.2, -0.15) is 4.98 Å². The first-order valence-electron chi connectivity index (χ1n) is 6.28. The summed E-state index contributed by atoms with van der Waals surface area (Å²) in [5.74, 6) is 0.0196. The van der Waals surface area contributed by atoms with Gasteiger partial charge in [-0.3, -0.25) is 9.13 Å². The Balaban J connectivity index is 1.93. The molecular weight excluding hydrogens is 321 g/mol. The molecule has 0 radical (unpaired) electrons. The molecule has 0 bridgehead atoms. The van der Waals surface area contributed by atoms with Crippen molar-refractivity contribution in [1.82, 2.24) is 9.55 Å². The summed E-state index contributed by atoms with van der Waals surface area (Å²) in [4.78, 5) is 33.7. The van der Waals surface area contributed by atoms with Gasteiger partial charge in [0, 0.05) is 6.20 Å². The van der Waals surface area contributed by atoms with Crippen molar-refractivity contribution in [3.05, 3.63) is 22.7 Å². The number of ether oxygens (including phenoxy) is 3. The largest absolute Gasteiger partial charge is 0.394 e. The smallest absolute Gasteiger partial charge is 0.381 e. The van der Waals surface area contributed by atoms with Crippen LogP contribution in [0.5, 0.6) is 0 Å². The molecule has 122 valence electrons. The van der Waals surface area contributed by atoms with Crippen LogP contribution in [0.2, 0.25) is 0 Å². The van der Waals surface area contributed by atoms with Crippen molar-refractivity contribution < 1.29 is 33.7 Å². The maximum absolute atomic E-state index is 11.9. The Morgan fingerprint density at radius 1 is 1.32 bits per heavy atom. The second kappa shape index (κ2) is 5.39. The quantitative estimate of drug-likeness (QED) is 0.452. The summed E-state index contributed by atoms with van der Waals surface area (Å²) in [6.07, 6.45) is -2.51. The van der Waals surface area contributed by atoms with Crippen molar-refractivity contribution in [1.29, 1.82) is 0 Å². The molecule has 3 rings (SSSR count). The lowest BCUT2D eigenvalue weighted by atomic mass is 10.1. The minimum atomic E-state index is -4.65. The molecule has 2 aliphatic rings. The molecule has 5 atom stereocenters. The molecule has 0 spiro atoms. The Hall–Kier alpha value is -1.33. The monoisotopic (exact) mass is 335 g/mol. The first-order chi connectivity index (χ1) is 10.3. The third-order valence-electron chi connectivity index (χ3n) is 3.41. The Morgan fingerprint density at radius 2 is 2.00 bits per heavy atom. The molecule has 5 N–H and O–H groups in total. The van der Waals surface area contributed by atoms with Crippen molar-refractivity contribution in [2.24, 2.45) is 0 Å². The second-order valence-electron chi connectivity index (χ2n) is 4.89. The molecule has 0 unspecified atom stereocenters. The van der Waals surface area contributed by atoms with Gasteiger partial charge in [0.1, 0.15) is 24.1 Å². The fourth-order valence-electron chi connectivity index (χ4n) is 2.47. The summed E-state index contributed by atoms with van der Waals surface area (Å²) in [5, 5.41) is 9.30. The molecule has 0 amide bonds. The summed E-state index contributed by atoms with van der Waals surface area (Å²) in [7, 11) is -4.65. The Labute approximate surface area is 123 Å². The molecule has 0 aliphatic carbocycles. The fraction of sp³-hybridized carbons (Fsp3) is 0.600. The van der Waals surface area contributed by atoms with E-state index in [9.17, 15) is 14.5 Å². The topological polar surface area (TPSA) is 166 Å². The standard InChI is InChI=1S/C10H14N3O8P/c11-5-1-2-13(9(15)12-5)8-7-6(4(3-14)19-8)20-10(21-7)22(16,17)18/h1-2,4,6-8,10,14H,3H2,(H2,11,12,15)(H2,16,17,18)/t4-,6-,7-,8-,10-/m1/s1. The van der Waals surface area contributed by atoms with Gasteiger partial charge in [-0.15, -0.1) is 0 Å². The third-order valence-corrected chi connectivity index (χ3v) is 4.21. The number of hydrogen-bond acceptors (Lipinski definition) is 8. The molecule has 0 aromatic carbocycles. The van der Waals surface area contributed by atoms with E-state index >= 15 is 0 Å². The van der Waals surface area contributed by atoms with Gasteiger partial charge in [-0.25, -0.2) is 4.79 Å². The van der Waals surface area contributed by atoms with Crippen LogP contribution in [-0.2, 0) is 18.8 Å². The summed E-state index contributed by atoms with van der Waals surface area (Å²) in [6, 6.07) is -0.400. The lowest BCUT2D eigenvalue weighted by Crippen LogP contribution is -2.34. The zero-order chi connectivity index (χ0) is 16.1. The van der Waals surface area contributed by atoms with E-state index in [2.05, 4.69) is 4.98 Å². The average molecular weight is 335 g/mol. The maximum atomic E-state index is 11.9. The van der Waals surface area contributed by atoms with E-state index in [1.165, 1.54) is 12.3 Å². The van der Waals surface area contributed by atoms with Crippen LogP contribution < -0.4 is 11.4 Å². The molecule has 1 aromatic rings. The Bertz CT molecular complexity index is 674. The average Bonchev–Trinajstić information content (AvgIpc) is 2.97. The number of nitrogens with zero attached hydrogens (tertiary/aromatic N) is 2. The maximum Gasteiger partial charge on any atom is 0.381 e. The predicted molar refractivity (Wildman–Crippen MR) is 69.5 cm³/mol. The van der Waals surface area contributed by atoms with Crippen molar-refractivity contribution in [2.75, 3.05) is 12.3 Å². The number of aliphatic hydroxyl groups is 1. The van der Waals surface area contributed by atoms with Gasteiger partial charge in [0.2, 0.25) is 0 Å². The Morgan fingerprint density at radius 3 is 2.59 bits per heavy atom. The number of aromatic nitrogens is 2. The van der Waals surface area contributed by atoms with Gasteiger partial charge >= 0.3 is 13.3 Å². The zero-order valence-corrected chi connectivity index (χ0v) is 11.9. The van der Waals surface area contributed by atoms with Gasteiger partial charge in [0.15, 0.2) is 6.23 Å². The van der Waals surface area contributed by atoms with Gasteiger partial charge in [-0.1, -0.05) is 0 Å². The van der Waals surface area contributed by atoms with E-state index in [-0.39, 0.29) is 5.82 Å². The number of nitrogens with two attached hydrogens (primary N) is 1. The molecule has 22 heavy (non-hydrogen) atoms. The van der Waals surface area contributed by atoms with Gasteiger partial charge in [0.05, 0.1) is 6.61 Å². The minimum Gasteiger partial charge on any atom is -0.394 e. The summed E-state index contributed by atoms with van der Waals surface area (Å²) in [6.45, 7) is -0.466. The summed E-state index contributed by atoms with van der Waals surface area (Å²) in [5.41, 5.74) is 4.68. The first kappa shape index (κ1) is 15.6. The van der Waals surface area contributed by atoms with Crippen LogP contribution >= 0.6 is 7.60 Å². The van der Waals surface area contributed by atoms with E-state index in [0.29, 0.717) is 0 Å². The van der Waals surface area contributed by atoms with E-state index < -0.39 is 50.5 Å². The highest BCUT2D eigenvalue weighted by atomic mass is 31.2. The van der Waals surface area contributed by atoms with Gasteiger partial charge in [0.25, 0.3) is 6.03 Å². The number of aliphatic hydroxyl groups excluding tert-OH is 1. The highest BCUT2D eigenvalue weighted by molar-refractivity contribution is 7.52. The second-order valence-corrected chi connectivity index (χ2v) is 6.49. The predicted octanol–water partition coefficient (Wildman–Crippen LogP) is -2.04. The van der Waals surface area contributed by atoms with E-state index in [1.807, 2.05) is 0 Å². The van der Waals surface area contributed by atoms with Gasteiger partial charge in [-0.05, 0) is 6.07 Å².